The molecule has 1 aromatic heterocycles. The summed E-state index contributed by atoms with van der Waals surface area (Å²) in [4.78, 5) is 17.2. The minimum Gasteiger partial charge on any atom is -0.450 e. The van der Waals surface area contributed by atoms with Crippen molar-refractivity contribution in [3.8, 4) is 0 Å². The zero-order valence-electron chi connectivity index (χ0n) is 15.5. The predicted octanol–water partition coefficient (Wildman–Crippen LogP) is 3.23. The summed E-state index contributed by atoms with van der Waals surface area (Å²) in [5.74, 6) is 1.22. The second kappa shape index (κ2) is 14.2. The molecule has 6 nitrogen and oxygen atoms in total. The Morgan fingerprint density at radius 2 is 2.12 bits per heavy atom. The van der Waals surface area contributed by atoms with Crippen LogP contribution < -0.4 is 16.0 Å². The molecule has 0 fully saturated rings. The highest BCUT2D eigenvalue weighted by Gasteiger charge is 2.15. The van der Waals surface area contributed by atoms with Crippen LogP contribution in [0.1, 0.15) is 32.1 Å². The van der Waals surface area contributed by atoms with Crippen molar-refractivity contribution in [3.63, 3.8) is 0 Å². The normalized spacial score (nSPS) is 12.3. The van der Waals surface area contributed by atoms with Gasteiger partial charge >= 0.3 is 6.09 Å². The number of aliphatic imine (C=N–C) groups is 1. The number of halogens is 1. The van der Waals surface area contributed by atoms with Crippen LogP contribution >= 0.6 is 35.3 Å². The fourth-order valence-corrected chi connectivity index (χ4v) is 3.01. The van der Waals surface area contributed by atoms with Crippen LogP contribution in [0.25, 0.3) is 0 Å². The van der Waals surface area contributed by atoms with Gasteiger partial charge in [0.05, 0.1) is 6.61 Å². The Hall–Kier alpha value is -1.03. The lowest BCUT2D eigenvalue weighted by Crippen LogP contribution is -2.48. The van der Waals surface area contributed by atoms with Crippen LogP contribution in [0.15, 0.2) is 22.5 Å². The number of guanidine groups is 1. The Labute approximate surface area is 172 Å². The van der Waals surface area contributed by atoms with E-state index in [1.807, 2.05) is 0 Å². The molecule has 1 aromatic rings. The molecule has 8 heteroatoms. The number of hydrogen-bond donors (Lipinski definition) is 3. The number of ether oxygens (including phenoxy) is 1. The fraction of sp³-hybridized carbons (Fsp3) is 0.647. The number of alkyl carbamates (subject to hydrolysis) is 1. The lowest BCUT2D eigenvalue weighted by Gasteiger charge is -2.22. The predicted molar refractivity (Wildman–Crippen MR) is 116 cm³/mol. The maximum atomic E-state index is 11.6. The Morgan fingerprint density at radius 1 is 1.36 bits per heavy atom. The van der Waals surface area contributed by atoms with Gasteiger partial charge in [-0.1, -0.05) is 19.9 Å². The summed E-state index contributed by atoms with van der Waals surface area (Å²) in [6, 6.07) is 4.19. The van der Waals surface area contributed by atoms with Crippen molar-refractivity contribution in [1.82, 2.24) is 16.0 Å². The van der Waals surface area contributed by atoms with Crippen molar-refractivity contribution in [1.29, 1.82) is 0 Å². The molecule has 0 radical (unpaired) electrons. The zero-order chi connectivity index (χ0) is 17.8. The topological polar surface area (TPSA) is 74.8 Å². The van der Waals surface area contributed by atoms with Gasteiger partial charge in [0, 0.05) is 31.1 Å². The van der Waals surface area contributed by atoms with Crippen LogP contribution in [0.5, 0.6) is 0 Å². The third-order valence-electron chi connectivity index (χ3n) is 3.34. The molecule has 1 unspecified atom stereocenters. The number of hydrogen-bond acceptors (Lipinski definition) is 4. The van der Waals surface area contributed by atoms with E-state index >= 15 is 0 Å². The summed E-state index contributed by atoms with van der Waals surface area (Å²) in [6.45, 7) is 7.87. The zero-order valence-corrected chi connectivity index (χ0v) is 18.6. The molecule has 1 rings (SSSR count). The van der Waals surface area contributed by atoms with E-state index in [1.54, 1.807) is 25.3 Å². The number of carbonyl (C=O) groups excluding carboxylic acids is 1. The summed E-state index contributed by atoms with van der Waals surface area (Å²) in [7, 11) is 1.75. The van der Waals surface area contributed by atoms with Gasteiger partial charge in [-0.25, -0.2) is 4.79 Å². The number of rotatable bonds is 9. The van der Waals surface area contributed by atoms with Crippen molar-refractivity contribution in [3.05, 3.63) is 22.4 Å². The standard InChI is InChI=1S/C17H30N4O2S.HI/c1-5-23-17(22)21-14(11-13(2)3)12-20-16(18-4)19-9-8-15-7-6-10-24-15;/h6-7,10,13-14H,5,8-9,11-12H2,1-4H3,(H,21,22)(H2,18,19,20);1H. The molecule has 1 heterocycles. The van der Waals surface area contributed by atoms with Gasteiger partial charge in [0.2, 0.25) is 0 Å². The van der Waals surface area contributed by atoms with Crippen molar-refractivity contribution in [2.75, 3.05) is 26.7 Å². The molecule has 0 bridgehead atoms. The largest absolute Gasteiger partial charge is 0.450 e. The number of carbonyl (C=O) groups is 1. The molecule has 1 amide bonds. The molecule has 1 atom stereocenters. The molecule has 0 spiro atoms. The molecule has 25 heavy (non-hydrogen) atoms. The first kappa shape index (κ1) is 24.0. The summed E-state index contributed by atoms with van der Waals surface area (Å²) in [5.41, 5.74) is 0. The van der Waals surface area contributed by atoms with Crippen LogP contribution in [0, 0.1) is 5.92 Å². The Bertz CT molecular complexity index is 495. The first-order valence-corrected chi connectivity index (χ1v) is 9.33. The molecular weight excluding hydrogens is 451 g/mol. The highest BCUT2D eigenvalue weighted by Crippen LogP contribution is 2.08. The van der Waals surface area contributed by atoms with Crippen molar-refractivity contribution < 1.29 is 9.53 Å². The number of thiophene rings is 1. The van der Waals surface area contributed by atoms with E-state index in [0.29, 0.717) is 19.1 Å². The minimum atomic E-state index is -0.370. The van der Waals surface area contributed by atoms with Gasteiger partial charge < -0.3 is 20.7 Å². The average Bonchev–Trinajstić information content (AvgIpc) is 3.03. The van der Waals surface area contributed by atoms with E-state index in [1.165, 1.54) is 4.88 Å². The molecule has 0 saturated carbocycles. The summed E-state index contributed by atoms with van der Waals surface area (Å²) >= 11 is 1.76. The smallest absolute Gasteiger partial charge is 0.407 e. The monoisotopic (exact) mass is 482 g/mol. The summed E-state index contributed by atoms with van der Waals surface area (Å²) < 4.78 is 4.97. The van der Waals surface area contributed by atoms with Crippen LogP contribution in [0.3, 0.4) is 0 Å². The van der Waals surface area contributed by atoms with Gasteiger partial charge in [-0.15, -0.1) is 35.3 Å². The Kier molecular flexibility index (Phi) is 13.6. The van der Waals surface area contributed by atoms with Crippen LogP contribution in [-0.4, -0.2) is 44.8 Å². The Balaban J connectivity index is 0.00000576. The molecule has 0 aliphatic heterocycles. The van der Waals surface area contributed by atoms with Crippen LogP contribution in [-0.2, 0) is 11.2 Å². The van der Waals surface area contributed by atoms with Gasteiger partial charge in [0.25, 0.3) is 0 Å². The third-order valence-corrected chi connectivity index (χ3v) is 4.27. The second-order valence-electron chi connectivity index (χ2n) is 5.90. The van der Waals surface area contributed by atoms with Crippen LogP contribution in [0.4, 0.5) is 4.79 Å². The van der Waals surface area contributed by atoms with Crippen molar-refractivity contribution in [2.45, 2.75) is 39.7 Å². The van der Waals surface area contributed by atoms with Crippen molar-refractivity contribution in [2.24, 2.45) is 10.9 Å². The molecule has 0 aromatic carbocycles. The maximum absolute atomic E-state index is 11.6. The van der Waals surface area contributed by atoms with E-state index in [-0.39, 0.29) is 36.1 Å². The van der Waals surface area contributed by atoms with Gasteiger partial charge in [0.1, 0.15) is 0 Å². The lowest BCUT2D eigenvalue weighted by molar-refractivity contribution is 0.146. The van der Waals surface area contributed by atoms with Gasteiger partial charge in [-0.3, -0.25) is 4.99 Å². The fourth-order valence-electron chi connectivity index (χ4n) is 2.30. The second-order valence-corrected chi connectivity index (χ2v) is 6.93. The van der Waals surface area contributed by atoms with E-state index in [2.05, 4.69) is 52.3 Å². The average molecular weight is 482 g/mol. The molecule has 0 aliphatic carbocycles. The highest BCUT2D eigenvalue weighted by molar-refractivity contribution is 14.0. The van der Waals surface area contributed by atoms with Gasteiger partial charge in [0.15, 0.2) is 5.96 Å². The van der Waals surface area contributed by atoms with E-state index in [9.17, 15) is 4.79 Å². The van der Waals surface area contributed by atoms with E-state index < -0.39 is 0 Å². The number of amides is 1. The third kappa shape index (κ3) is 11.2. The molecule has 3 N–H and O–H groups in total. The van der Waals surface area contributed by atoms with Crippen LogP contribution in [0.2, 0.25) is 0 Å². The maximum Gasteiger partial charge on any atom is 0.407 e. The molecule has 0 aliphatic rings. The van der Waals surface area contributed by atoms with E-state index in [4.69, 9.17) is 4.74 Å². The molecular formula is C17H31IN4O2S. The molecule has 144 valence electrons. The van der Waals surface area contributed by atoms with Crippen molar-refractivity contribution >= 4 is 47.4 Å². The van der Waals surface area contributed by atoms with Gasteiger partial charge in [-0.2, -0.15) is 0 Å². The summed E-state index contributed by atoms with van der Waals surface area (Å²) in [5, 5.41) is 11.6. The molecule has 0 saturated heterocycles. The summed E-state index contributed by atoms with van der Waals surface area (Å²) in [6.07, 6.45) is 1.47. The SMILES string of the molecule is CCOC(=O)NC(CNC(=NC)NCCc1cccs1)CC(C)C.I. The minimum absolute atomic E-state index is 0. The quantitative estimate of drug-likeness (QED) is 0.287. The van der Waals surface area contributed by atoms with Gasteiger partial charge in [-0.05, 0) is 37.1 Å². The first-order chi connectivity index (χ1) is 11.5. The number of nitrogens with one attached hydrogen (secondary N) is 3. The highest BCUT2D eigenvalue weighted by atomic mass is 127. The lowest BCUT2D eigenvalue weighted by atomic mass is 10.0. The Morgan fingerprint density at radius 3 is 2.68 bits per heavy atom. The number of nitrogens with zero attached hydrogens (tertiary/aromatic N) is 1. The van der Waals surface area contributed by atoms with E-state index in [0.717, 1.165) is 25.3 Å². The first-order valence-electron chi connectivity index (χ1n) is 8.45.